The first-order chi connectivity index (χ1) is 15.9. The van der Waals surface area contributed by atoms with Crippen molar-refractivity contribution in [2.24, 2.45) is 0 Å². The van der Waals surface area contributed by atoms with Crippen LogP contribution in [0.4, 0.5) is 0 Å². The molecule has 1 aliphatic heterocycles. The lowest BCUT2D eigenvalue weighted by Gasteiger charge is -2.14. The van der Waals surface area contributed by atoms with Crippen LogP contribution in [0.1, 0.15) is 29.2 Å². The molecule has 0 fully saturated rings. The highest BCUT2D eigenvalue weighted by Gasteiger charge is 2.29. The first-order valence-electron chi connectivity index (χ1n) is 10.6. The monoisotopic (exact) mass is 479 g/mol. The number of hydrogen-bond acceptors (Lipinski definition) is 5. The molecule has 7 nitrogen and oxygen atoms in total. The van der Waals surface area contributed by atoms with Crippen molar-refractivity contribution in [2.45, 2.75) is 38.0 Å². The van der Waals surface area contributed by atoms with E-state index in [0.29, 0.717) is 33.5 Å². The number of carbonyl (C=O) groups excluding carboxylic acids is 1. The zero-order valence-corrected chi connectivity index (χ0v) is 19.8. The third kappa shape index (κ3) is 4.05. The van der Waals surface area contributed by atoms with Crippen molar-refractivity contribution < 1.29 is 4.79 Å². The lowest BCUT2D eigenvalue weighted by molar-refractivity contribution is -0.121. The molecule has 0 saturated heterocycles. The molecule has 1 amide bonds. The smallest absolute Gasteiger partial charge is 0.265 e. The van der Waals surface area contributed by atoms with Crippen LogP contribution >= 0.6 is 23.4 Å². The number of carbonyl (C=O) groups is 1. The Kier molecular flexibility index (Phi) is 5.72. The molecule has 0 aliphatic carbocycles. The second-order valence-corrected chi connectivity index (χ2v) is 9.58. The molecular weight excluding hydrogens is 458 g/mol. The largest absolute Gasteiger partial charge is 0.352 e. The maximum Gasteiger partial charge on any atom is 0.265 e. The highest BCUT2D eigenvalue weighted by Crippen LogP contribution is 2.33. The highest BCUT2D eigenvalue weighted by atomic mass is 35.5. The molecule has 2 aromatic carbocycles. The normalized spacial score (nSPS) is 15.1. The topological polar surface area (TPSA) is 81.8 Å². The summed E-state index contributed by atoms with van der Waals surface area (Å²) in [6, 6.07) is 13.2. The molecule has 1 atom stereocenters. The molecule has 0 spiro atoms. The second kappa shape index (κ2) is 8.68. The molecule has 5 rings (SSSR count). The van der Waals surface area contributed by atoms with Crippen molar-refractivity contribution in [3.8, 4) is 5.69 Å². The van der Waals surface area contributed by atoms with E-state index in [2.05, 4.69) is 16.5 Å². The van der Waals surface area contributed by atoms with Gasteiger partial charge in [-0.3, -0.25) is 14.2 Å². The number of nitrogens with zero attached hydrogens (tertiary/aromatic N) is 4. The predicted molar refractivity (Wildman–Crippen MR) is 130 cm³/mol. The lowest BCUT2D eigenvalue weighted by atomic mass is 10.1. The van der Waals surface area contributed by atoms with E-state index in [4.69, 9.17) is 16.6 Å². The van der Waals surface area contributed by atoms with Gasteiger partial charge in [-0.2, -0.15) is 5.10 Å². The van der Waals surface area contributed by atoms with Crippen LogP contribution in [-0.2, 0) is 11.3 Å². The fourth-order valence-corrected chi connectivity index (χ4v) is 5.45. The molecule has 3 heterocycles. The summed E-state index contributed by atoms with van der Waals surface area (Å²) < 4.78 is 3.35. The molecular formula is C24H22ClN5O2S. The minimum atomic E-state index is -0.259. The van der Waals surface area contributed by atoms with Gasteiger partial charge in [0.15, 0.2) is 10.8 Å². The Morgan fingerprint density at radius 3 is 2.85 bits per heavy atom. The van der Waals surface area contributed by atoms with Gasteiger partial charge in [0, 0.05) is 23.7 Å². The van der Waals surface area contributed by atoms with E-state index < -0.39 is 0 Å². The van der Waals surface area contributed by atoms with Crippen molar-refractivity contribution in [2.75, 3.05) is 5.75 Å². The quantitative estimate of drug-likeness (QED) is 0.434. The number of aromatic nitrogens is 4. The summed E-state index contributed by atoms with van der Waals surface area (Å²) in [6.45, 7) is 4.40. The Hall–Kier alpha value is -3.10. The van der Waals surface area contributed by atoms with E-state index in [9.17, 15) is 9.59 Å². The summed E-state index contributed by atoms with van der Waals surface area (Å²) in [4.78, 5) is 30.7. The summed E-state index contributed by atoms with van der Waals surface area (Å²) in [5, 5.41) is 9.03. The average molecular weight is 480 g/mol. The number of fused-ring (bicyclic) bond motifs is 2. The number of halogens is 1. The van der Waals surface area contributed by atoms with Crippen LogP contribution in [0.15, 0.2) is 58.6 Å². The third-order valence-corrected chi connectivity index (χ3v) is 7.27. The van der Waals surface area contributed by atoms with Crippen LogP contribution in [-0.4, -0.2) is 31.0 Å². The van der Waals surface area contributed by atoms with Gasteiger partial charge in [0.25, 0.3) is 5.56 Å². The van der Waals surface area contributed by atoms with Crippen LogP contribution in [0.25, 0.3) is 16.7 Å². The fraction of sp³-hybridized carbons (Fsp3) is 0.250. The Labute approximate surface area is 199 Å². The van der Waals surface area contributed by atoms with Gasteiger partial charge in [0.05, 0.1) is 17.9 Å². The minimum Gasteiger partial charge on any atom is -0.352 e. The molecule has 1 aliphatic rings. The average Bonchev–Trinajstić information content (AvgIpc) is 3.38. The van der Waals surface area contributed by atoms with Gasteiger partial charge in [-0.05, 0) is 37.1 Å². The van der Waals surface area contributed by atoms with E-state index in [0.717, 1.165) is 22.4 Å². The van der Waals surface area contributed by atoms with Crippen LogP contribution < -0.4 is 10.9 Å². The fourth-order valence-electron chi connectivity index (χ4n) is 4.12. The van der Waals surface area contributed by atoms with E-state index in [1.165, 1.54) is 11.8 Å². The molecule has 0 bridgehead atoms. The first-order valence-corrected chi connectivity index (χ1v) is 12.0. The molecule has 0 radical (unpaired) electrons. The molecule has 33 heavy (non-hydrogen) atoms. The molecule has 0 saturated carbocycles. The summed E-state index contributed by atoms with van der Waals surface area (Å²) in [7, 11) is 0. The Morgan fingerprint density at radius 2 is 2.06 bits per heavy atom. The Morgan fingerprint density at radius 1 is 1.24 bits per heavy atom. The van der Waals surface area contributed by atoms with Crippen molar-refractivity contribution in [1.29, 1.82) is 0 Å². The van der Waals surface area contributed by atoms with Crippen LogP contribution in [0.2, 0.25) is 5.02 Å². The van der Waals surface area contributed by atoms with Gasteiger partial charge in [0.1, 0.15) is 5.39 Å². The number of nitrogens with one attached hydrogen (secondary N) is 1. The van der Waals surface area contributed by atoms with Crippen molar-refractivity contribution in [3.63, 3.8) is 0 Å². The number of amides is 1. The maximum atomic E-state index is 13.3. The Balaban J connectivity index is 1.40. The molecule has 1 unspecified atom stereocenters. The van der Waals surface area contributed by atoms with Crippen LogP contribution in [0.3, 0.4) is 0 Å². The van der Waals surface area contributed by atoms with E-state index in [1.54, 1.807) is 21.5 Å². The molecule has 168 valence electrons. The molecule has 1 N–H and O–H groups in total. The van der Waals surface area contributed by atoms with Crippen LogP contribution in [0, 0.1) is 13.8 Å². The minimum absolute atomic E-state index is 0.133. The molecule has 9 heteroatoms. The standard InChI is InChI=1S/C24H22ClN5O2S/c1-14-7-8-20(15(2)9-14)30-22-18(12-27-30)23(32)29-17(13-33-24(29)28-22)10-21(31)26-11-16-5-3-4-6-19(16)25/h3-9,12,17H,10-11,13H2,1-2H3,(H,26,31). The van der Waals surface area contributed by atoms with Crippen molar-refractivity contribution in [3.05, 3.63) is 80.7 Å². The summed E-state index contributed by atoms with van der Waals surface area (Å²) in [5.41, 5.74) is 4.34. The SMILES string of the molecule is Cc1ccc(-n2ncc3c(=O)n4c(nc32)SCC4CC(=O)NCc2ccccc2Cl)c(C)c1. The van der Waals surface area contributed by atoms with Gasteiger partial charge in [0.2, 0.25) is 5.91 Å². The zero-order valence-electron chi connectivity index (χ0n) is 18.2. The van der Waals surface area contributed by atoms with E-state index in [1.807, 2.05) is 44.2 Å². The Bertz CT molecular complexity index is 1440. The first kappa shape index (κ1) is 21.7. The van der Waals surface area contributed by atoms with Gasteiger partial charge >= 0.3 is 0 Å². The van der Waals surface area contributed by atoms with E-state index >= 15 is 0 Å². The maximum absolute atomic E-state index is 13.3. The van der Waals surface area contributed by atoms with E-state index in [-0.39, 0.29) is 23.9 Å². The summed E-state index contributed by atoms with van der Waals surface area (Å²) in [5.74, 6) is 0.483. The summed E-state index contributed by atoms with van der Waals surface area (Å²) >= 11 is 7.66. The van der Waals surface area contributed by atoms with Gasteiger partial charge in [-0.15, -0.1) is 0 Å². The third-order valence-electron chi connectivity index (χ3n) is 5.81. The second-order valence-electron chi connectivity index (χ2n) is 8.19. The number of rotatable bonds is 5. The predicted octanol–water partition coefficient (Wildman–Crippen LogP) is 4.21. The van der Waals surface area contributed by atoms with Crippen molar-refractivity contribution >= 4 is 40.3 Å². The van der Waals surface area contributed by atoms with Gasteiger partial charge in [-0.1, -0.05) is 59.3 Å². The van der Waals surface area contributed by atoms with Gasteiger partial charge in [-0.25, -0.2) is 9.67 Å². The molecule has 4 aromatic rings. The number of aryl methyl sites for hydroxylation is 2. The lowest BCUT2D eigenvalue weighted by Crippen LogP contribution is -2.30. The van der Waals surface area contributed by atoms with Crippen LogP contribution in [0.5, 0.6) is 0 Å². The number of hydrogen-bond donors (Lipinski definition) is 1. The summed E-state index contributed by atoms with van der Waals surface area (Å²) in [6.07, 6.45) is 1.76. The number of benzene rings is 2. The zero-order chi connectivity index (χ0) is 23.1. The number of thioether (sulfide) groups is 1. The van der Waals surface area contributed by atoms with Crippen molar-refractivity contribution in [1.82, 2.24) is 24.6 Å². The molecule has 2 aromatic heterocycles. The highest BCUT2D eigenvalue weighted by molar-refractivity contribution is 7.99. The van der Waals surface area contributed by atoms with Gasteiger partial charge < -0.3 is 5.32 Å².